The van der Waals surface area contributed by atoms with Crippen LogP contribution in [0.25, 0.3) is 11.1 Å². The number of rotatable bonds is 5. The van der Waals surface area contributed by atoms with Crippen LogP contribution < -0.4 is 0 Å². The average Bonchev–Trinajstić information content (AvgIpc) is 3.35. The second-order valence-electron chi connectivity index (χ2n) is 8.52. The monoisotopic (exact) mass is 467 g/mol. The van der Waals surface area contributed by atoms with Crippen LogP contribution in [0.4, 0.5) is 0 Å². The van der Waals surface area contributed by atoms with Crippen LogP contribution in [-0.4, -0.2) is 40.1 Å². The van der Waals surface area contributed by atoms with Crippen LogP contribution in [-0.2, 0) is 23.9 Å². The number of esters is 2. The third-order valence-electron chi connectivity index (χ3n) is 4.52. The smallest absolute Gasteiger partial charge is 0.312 e. The van der Waals surface area contributed by atoms with Gasteiger partial charge in [-0.3, -0.25) is 19.2 Å². The second-order valence-corrected chi connectivity index (χ2v) is 8.93. The number of hydrogen-bond donors (Lipinski definition) is 1. The molecule has 1 aliphatic carbocycles. The van der Waals surface area contributed by atoms with Crippen LogP contribution in [0.3, 0.4) is 0 Å². The predicted octanol–water partition coefficient (Wildman–Crippen LogP) is 4.18. The van der Waals surface area contributed by atoms with Gasteiger partial charge >= 0.3 is 17.9 Å². The lowest BCUT2D eigenvalue weighted by Crippen LogP contribution is -2.22. The molecule has 1 fully saturated rings. The van der Waals surface area contributed by atoms with E-state index in [0.717, 1.165) is 0 Å². The van der Waals surface area contributed by atoms with Crippen molar-refractivity contribution in [1.29, 1.82) is 0 Å². The lowest BCUT2D eigenvalue weighted by atomic mass is 9.98. The van der Waals surface area contributed by atoms with Crippen LogP contribution in [0.1, 0.15) is 57.3 Å². The summed E-state index contributed by atoms with van der Waals surface area (Å²) >= 11 is 6.13. The van der Waals surface area contributed by atoms with Gasteiger partial charge in [0.05, 0.1) is 16.4 Å². The fraction of sp³-hybridized carbons (Fsp3) is 0.500. The van der Waals surface area contributed by atoms with E-state index in [0.29, 0.717) is 34.0 Å². The van der Waals surface area contributed by atoms with Crippen molar-refractivity contribution in [3.05, 3.63) is 28.6 Å². The molecule has 3 atom stereocenters. The number of carbonyl (C=O) groups is 4. The van der Waals surface area contributed by atoms with Crippen LogP contribution in [0.5, 0.6) is 0 Å². The number of Topliss-reactive ketones (excluding diaryl/α,β-unsaturated/α-hetero) is 1. The maximum atomic E-state index is 12.6. The van der Waals surface area contributed by atoms with E-state index in [2.05, 4.69) is 4.98 Å². The topological polar surface area (TPSA) is 133 Å². The number of ether oxygens (including phenoxy) is 2. The van der Waals surface area contributed by atoms with Gasteiger partial charge in [-0.25, -0.2) is 4.98 Å². The molecular weight excluding hydrogens is 442 g/mol. The summed E-state index contributed by atoms with van der Waals surface area (Å²) in [4.78, 5) is 49.6. The van der Waals surface area contributed by atoms with E-state index in [-0.39, 0.29) is 5.78 Å². The molecule has 0 radical (unpaired) electrons. The third kappa shape index (κ3) is 6.53. The number of oxazole rings is 1. The molecule has 1 saturated carbocycles. The molecule has 10 heteroatoms. The number of hydrogen-bond acceptors (Lipinski definition) is 8. The Hall–Kier alpha value is -2.94. The molecular formula is C22H26ClNO8. The molecule has 9 nitrogen and oxygen atoms in total. The lowest BCUT2D eigenvalue weighted by molar-refractivity contribution is -0.184. The van der Waals surface area contributed by atoms with Crippen molar-refractivity contribution in [2.45, 2.75) is 54.3 Å². The van der Waals surface area contributed by atoms with Crippen molar-refractivity contribution >= 4 is 46.4 Å². The van der Waals surface area contributed by atoms with Crippen molar-refractivity contribution in [3.8, 4) is 0 Å². The number of aromatic nitrogens is 1. The molecule has 1 N–H and O–H groups in total. The molecule has 0 amide bonds. The van der Waals surface area contributed by atoms with Crippen molar-refractivity contribution in [1.82, 2.24) is 4.98 Å². The first kappa shape index (κ1) is 25.3. The van der Waals surface area contributed by atoms with E-state index in [9.17, 15) is 19.2 Å². The summed E-state index contributed by atoms with van der Waals surface area (Å²) in [6.07, 6.45) is -0.594. The quantitative estimate of drug-likeness (QED) is 0.390. The Kier molecular flexibility index (Phi) is 7.66. The van der Waals surface area contributed by atoms with Crippen molar-refractivity contribution in [2.24, 2.45) is 17.3 Å². The first-order chi connectivity index (χ1) is 14.7. The van der Waals surface area contributed by atoms with E-state index >= 15 is 0 Å². The zero-order valence-electron chi connectivity index (χ0n) is 18.7. The van der Waals surface area contributed by atoms with Gasteiger partial charge in [0.2, 0.25) is 6.29 Å². The Balaban J connectivity index is 0.000000451. The van der Waals surface area contributed by atoms with Crippen LogP contribution in [0.15, 0.2) is 16.5 Å². The molecule has 3 rings (SSSR count). The van der Waals surface area contributed by atoms with Crippen LogP contribution in [0.2, 0.25) is 5.02 Å². The highest BCUT2D eigenvalue weighted by molar-refractivity contribution is 6.35. The van der Waals surface area contributed by atoms with Gasteiger partial charge in [0.15, 0.2) is 17.3 Å². The highest BCUT2D eigenvalue weighted by Gasteiger charge is 2.49. The second kappa shape index (κ2) is 9.68. The molecule has 1 aliphatic rings. The minimum atomic E-state index is -0.981. The number of fused-ring (bicyclic) bond motifs is 1. The zero-order chi connectivity index (χ0) is 24.4. The van der Waals surface area contributed by atoms with Gasteiger partial charge in [-0.15, -0.1) is 0 Å². The molecule has 174 valence electrons. The van der Waals surface area contributed by atoms with E-state index in [4.69, 9.17) is 30.6 Å². The molecule has 0 bridgehead atoms. The van der Waals surface area contributed by atoms with Gasteiger partial charge in [0.25, 0.3) is 0 Å². The molecule has 1 aromatic carbocycles. The highest BCUT2D eigenvalue weighted by atomic mass is 35.5. The molecule has 32 heavy (non-hydrogen) atoms. The van der Waals surface area contributed by atoms with Crippen LogP contribution >= 0.6 is 11.6 Å². The summed E-state index contributed by atoms with van der Waals surface area (Å²) in [5.74, 6) is -2.63. The molecule has 1 aromatic heterocycles. The molecule has 1 unspecified atom stereocenters. The minimum Gasteiger partial charge on any atom is -0.481 e. The van der Waals surface area contributed by atoms with E-state index in [1.165, 1.54) is 19.9 Å². The summed E-state index contributed by atoms with van der Waals surface area (Å²) in [5, 5.41) is 8.55. The fourth-order valence-electron chi connectivity index (χ4n) is 2.71. The Labute approximate surface area is 190 Å². The van der Waals surface area contributed by atoms with Gasteiger partial charge in [-0.2, -0.15) is 0 Å². The fourth-order valence-corrected chi connectivity index (χ4v) is 2.97. The number of ketones is 1. The maximum absolute atomic E-state index is 12.6. The van der Waals surface area contributed by atoms with E-state index in [1.807, 2.05) is 0 Å². The summed E-state index contributed by atoms with van der Waals surface area (Å²) < 4.78 is 15.1. The van der Waals surface area contributed by atoms with Crippen LogP contribution in [0, 0.1) is 24.2 Å². The maximum Gasteiger partial charge on any atom is 0.312 e. The zero-order valence-corrected chi connectivity index (χ0v) is 19.5. The van der Waals surface area contributed by atoms with E-state index in [1.54, 1.807) is 33.8 Å². The van der Waals surface area contributed by atoms with Crippen molar-refractivity contribution in [3.63, 3.8) is 0 Å². The standard InChI is InChI=1S/C17H16ClNO6.C5H10O2/c1-7-19-14-5-10(4-13(18)16(14)23-7)15(21)11-6-12(11)17(22)25-9(3)24-8(2)20;1-5(2,3)4(6)7/h4-5,9,11-12H,6H2,1-3H3;1-3H3,(H,6,7)/t9?,11-,12-;/m0./s1. The lowest BCUT2D eigenvalue weighted by Gasteiger charge is -2.12. The summed E-state index contributed by atoms with van der Waals surface area (Å²) in [6, 6.07) is 3.11. The molecule has 1 heterocycles. The molecule has 0 aliphatic heterocycles. The largest absolute Gasteiger partial charge is 0.481 e. The number of halogens is 1. The van der Waals surface area contributed by atoms with Gasteiger partial charge < -0.3 is 19.0 Å². The predicted molar refractivity (Wildman–Crippen MR) is 114 cm³/mol. The number of aliphatic carboxylic acids is 1. The van der Waals surface area contributed by atoms with Gasteiger partial charge in [0.1, 0.15) is 5.52 Å². The Bertz CT molecular complexity index is 1050. The third-order valence-corrected chi connectivity index (χ3v) is 4.80. The first-order valence-electron chi connectivity index (χ1n) is 9.92. The number of carbonyl (C=O) groups excluding carboxylic acids is 3. The summed E-state index contributed by atoms with van der Waals surface area (Å²) in [7, 11) is 0. The minimum absolute atomic E-state index is 0.202. The Morgan fingerprint density at radius 3 is 2.31 bits per heavy atom. The number of benzene rings is 1. The first-order valence-corrected chi connectivity index (χ1v) is 10.3. The summed E-state index contributed by atoms with van der Waals surface area (Å²) in [6.45, 7) is 9.34. The van der Waals surface area contributed by atoms with E-state index < -0.39 is 41.4 Å². The normalized spacial score (nSPS) is 18.2. The SMILES string of the molecule is CC(=O)OC(C)OC(=O)[C@H]1C[C@@H]1C(=O)c1cc(Cl)c2oc(C)nc2c1.CC(C)(C)C(=O)O. The number of carboxylic acids is 1. The van der Waals surface area contributed by atoms with Gasteiger partial charge in [0, 0.05) is 32.3 Å². The number of carboxylic acid groups (broad SMARTS) is 1. The molecule has 0 saturated heterocycles. The molecule has 2 aromatic rings. The highest BCUT2D eigenvalue weighted by Crippen LogP contribution is 2.43. The molecule has 0 spiro atoms. The van der Waals surface area contributed by atoms with Gasteiger partial charge in [-0.1, -0.05) is 11.6 Å². The Morgan fingerprint density at radius 1 is 1.19 bits per heavy atom. The average molecular weight is 468 g/mol. The van der Waals surface area contributed by atoms with Gasteiger partial charge in [-0.05, 0) is 39.3 Å². The van der Waals surface area contributed by atoms with Crippen molar-refractivity contribution < 1.29 is 38.2 Å². The summed E-state index contributed by atoms with van der Waals surface area (Å²) in [5.41, 5.74) is 0.716. The number of nitrogens with zero attached hydrogens (tertiary/aromatic N) is 1. The van der Waals surface area contributed by atoms with Crippen molar-refractivity contribution in [2.75, 3.05) is 0 Å². The Morgan fingerprint density at radius 2 is 1.78 bits per heavy atom. The number of aryl methyl sites for hydroxylation is 1.